The van der Waals surface area contributed by atoms with E-state index in [-0.39, 0.29) is 5.84 Å². The van der Waals surface area contributed by atoms with Crippen molar-refractivity contribution in [3.63, 3.8) is 0 Å². The largest absolute Gasteiger partial charge is 0.384 e. The van der Waals surface area contributed by atoms with Gasteiger partial charge >= 0.3 is 0 Å². The molecule has 1 saturated heterocycles. The third-order valence-electron chi connectivity index (χ3n) is 5.00. The number of hydrogen-bond donors (Lipinski definition) is 2. The fourth-order valence-corrected chi connectivity index (χ4v) is 4.03. The summed E-state index contributed by atoms with van der Waals surface area (Å²) in [6.07, 6.45) is 8.06. The van der Waals surface area contributed by atoms with Crippen LogP contribution in [0.4, 0.5) is 5.69 Å². The van der Waals surface area contributed by atoms with Crippen LogP contribution >= 0.6 is 0 Å². The molecule has 1 saturated carbocycles. The summed E-state index contributed by atoms with van der Waals surface area (Å²) in [7, 11) is 0. The molecule has 0 bridgehead atoms. The lowest BCUT2D eigenvalue weighted by atomic mass is 9.78. The molecule has 0 amide bonds. The Bertz CT molecular complexity index is 507. The molecule has 1 heterocycles. The van der Waals surface area contributed by atoms with Crippen molar-refractivity contribution in [1.29, 1.82) is 5.41 Å². The molecular formula is C17H25N3. The summed E-state index contributed by atoms with van der Waals surface area (Å²) in [5.74, 6) is 1.04. The molecule has 3 nitrogen and oxygen atoms in total. The highest BCUT2D eigenvalue weighted by molar-refractivity contribution is 6.00. The van der Waals surface area contributed by atoms with Gasteiger partial charge in [0.15, 0.2) is 0 Å². The van der Waals surface area contributed by atoms with Crippen LogP contribution in [-0.4, -0.2) is 18.4 Å². The Kier molecular flexibility index (Phi) is 3.68. The van der Waals surface area contributed by atoms with E-state index in [1.54, 1.807) is 0 Å². The Hall–Kier alpha value is -1.51. The maximum absolute atomic E-state index is 7.85. The van der Waals surface area contributed by atoms with Crippen LogP contribution in [0.25, 0.3) is 0 Å². The Morgan fingerprint density at radius 3 is 2.75 bits per heavy atom. The highest BCUT2D eigenvalue weighted by Crippen LogP contribution is 2.38. The Balaban J connectivity index is 1.98. The molecule has 1 aromatic carbocycles. The first-order valence-electron chi connectivity index (χ1n) is 7.88. The lowest BCUT2D eigenvalue weighted by molar-refractivity contribution is 0.244. The first-order chi connectivity index (χ1) is 9.66. The summed E-state index contributed by atoms with van der Waals surface area (Å²) < 4.78 is 0. The first kappa shape index (κ1) is 13.5. The number of hydrogen-bond acceptors (Lipinski definition) is 2. The van der Waals surface area contributed by atoms with Gasteiger partial charge in [-0.1, -0.05) is 18.9 Å². The zero-order chi connectivity index (χ0) is 14.1. The minimum absolute atomic E-state index is 0.193. The Morgan fingerprint density at radius 1 is 1.20 bits per heavy atom. The number of fused-ring (bicyclic) bond motifs is 1. The summed E-state index contributed by atoms with van der Waals surface area (Å²) in [6.45, 7) is 3.24. The van der Waals surface area contributed by atoms with Gasteiger partial charge in [0.1, 0.15) is 5.84 Å². The molecule has 108 valence electrons. The molecule has 3 rings (SSSR count). The van der Waals surface area contributed by atoms with E-state index in [0.717, 1.165) is 18.0 Å². The Labute approximate surface area is 121 Å². The number of nitrogens with one attached hydrogen (secondary N) is 1. The summed E-state index contributed by atoms with van der Waals surface area (Å²) in [4.78, 5) is 2.55. The monoisotopic (exact) mass is 271 g/mol. The molecule has 1 aromatic rings. The average Bonchev–Trinajstić information content (AvgIpc) is 2.46. The van der Waals surface area contributed by atoms with Crippen LogP contribution in [0.15, 0.2) is 18.2 Å². The molecule has 0 spiro atoms. The van der Waals surface area contributed by atoms with Gasteiger partial charge in [0, 0.05) is 23.8 Å². The fourth-order valence-electron chi connectivity index (χ4n) is 4.03. The van der Waals surface area contributed by atoms with E-state index in [1.165, 1.54) is 49.8 Å². The lowest BCUT2D eigenvalue weighted by Crippen LogP contribution is -2.47. The quantitative estimate of drug-likeness (QED) is 0.639. The lowest BCUT2D eigenvalue weighted by Gasteiger charge is -2.46. The van der Waals surface area contributed by atoms with E-state index in [2.05, 4.69) is 24.0 Å². The van der Waals surface area contributed by atoms with Crippen molar-refractivity contribution in [1.82, 2.24) is 0 Å². The van der Waals surface area contributed by atoms with Gasteiger partial charge in [-0.15, -0.1) is 0 Å². The minimum atomic E-state index is 0.193. The van der Waals surface area contributed by atoms with E-state index < -0.39 is 0 Å². The predicted molar refractivity (Wildman–Crippen MR) is 84.5 cm³/mol. The second kappa shape index (κ2) is 5.47. The predicted octanol–water partition coefficient (Wildman–Crippen LogP) is 3.44. The van der Waals surface area contributed by atoms with E-state index in [0.29, 0.717) is 6.04 Å². The molecule has 20 heavy (non-hydrogen) atoms. The molecule has 2 unspecified atom stereocenters. The van der Waals surface area contributed by atoms with Gasteiger partial charge in [0.2, 0.25) is 0 Å². The molecule has 1 aliphatic carbocycles. The van der Waals surface area contributed by atoms with Crippen molar-refractivity contribution in [2.75, 3.05) is 11.4 Å². The number of anilines is 1. The van der Waals surface area contributed by atoms with Crippen LogP contribution in [0.5, 0.6) is 0 Å². The van der Waals surface area contributed by atoms with Crippen molar-refractivity contribution in [3.8, 4) is 0 Å². The Morgan fingerprint density at radius 2 is 1.95 bits per heavy atom. The van der Waals surface area contributed by atoms with Gasteiger partial charge in [-0.25, -0.2) is 0 Å². The van der Waals surface area contributed by atoms with Crippen molar-refractivity contribution < 1.29 is 0 Å². The summed E-state index contributed by atoms with van der Waals surface area (Å²) in [6, 6.07) is 6.95. The normalized spacial score (nSPS) is 26.1. The van der Waals surface area contributed by atoms with Crippen LogP contribution in [0, 0.1) is 18.3 Å². The highest BCUT2D eigenvalue weighted by atomic mass is 15.2. The van der Waals surface area contributed by atoms with Gasteiger partial charge in [0.25, 0.3) is 0 Å². The number of nitrogens with zero attached hydrogens (tertiary/aromatic N) is 1. The van der Waals surface area contributed by atoms with Gasteiger partial charge in [-0.3, -0.25) is 5.41 Å². The second-order valence-corrected chi connectivity index (χ2v) is 6.38. The number of nitrogen functional groups attached to an aromatic ring is 1. The molecule has 3 heteroatoms. The van der Waals surface area contributed by atoms with Crippen LogP contribution in [-0.2, 0) is 0 Å². The second-order valence-electron chi connectivity index (χ2n) is 6.38. The van der Waals surface area contributed by atoms with Crippen LogP contribution in [0.3, 0.4) is 0 Å². The molecule has 0 radical (unpaired) electrons. The molecule has 3 N–H and O–H groups in total. The number of benzene rings is 1. The topological polar surface area (TPSA) is 53.1 Å². The van der Waals surface area contributed by atoms with E-state index in [9.17, 15) is 0 Å². The molecule has 2 atom stereocenters. The fraction of sp³-hybridized carbons (Fsp3) is 0.588. The zero-order valence-electron chi connectivity index (χ0n) is 12.4. The standard InChI is InChI=1S/C17H25N3/c1-12-8-9-14(17(18)19)16(11-12)20-10-4-6-13-5-2-3-7-15(13)20/h8-9,11,13,15H,2-7,10H2,1H3,(H3,18,19). The van der Waals surface area contributed by atoms with E-state index in [4.69, 9.17) is 11.1 Å². The summed E-state index contributed by atoms with van der Waals surface area (Å²) in [5, 5.41) is 7.85. The maximum atomic E-state index is 7.85. The molecule has 0 aromatic heterocycles. The summed E-state index contributed by atoms with van der Waals surface area (Å²) >= 11 is 0. The van der Waals surface area contributed by atoms with Gasteiger partial charge in [0.05, 0.1) is 0 Å². The van der Waals surface area contributed by atoms with E-state index in [1.807, 2.05) is 6.07 Å². The van der Waals surface area contributed by atoms with Gasteiger partial charge < -0.3 is 10.6 Å². The van der Waals surface area contributed by atoms with Crippen LogP contribution in [0.1, 0.15) is 49.7 Å². The zero-order valence-corrected chi connectivity index (χ0v) is 12.4. The van der Waals surface area contributed by atoms with Crippen LogP contribution in [0.2, 0.25) is 0 Å². The van der Waals surface area contributed by atoms with Gasteiger partial charge in [-0.05, 0) is 56.2 Å². The molecule has 1 aliphatic heterocycles. The first-order valence-corrected chi connectivity index (χ1v) is 7.88. The summed E-state index contributed by atoms with van der Waals surface area (Å²) in [5.41, 5.74) is 9.14. The van der Waals surface area contributed by atoms with Gasteiger partial charge in [-0.2, -0.15) is 0 Å². The molecule has 2 fully saturated rings. The number of piperidine rings is 1. The average molecular weight is 271 g/mol. The number of nitrogens with two attached hydrogens (primary N) is 1. The molecule has 2 aliphatic rings. The third kappa shape index (κ3) is 2.41. The van der Waals surface area contributed by atoms with E-state index >= 15 is 0 Å². The minimum Gasteiger partial charge on any atom is -0.384 e. The maximum Gasteiger partial charge on any atom is 0.124 e. The van der Waals surface area contributed by atoms with Crippen molar-refractivity contribution in [3.05, 3.63) is 29.3 Å². The number of rotatable bonds is 2. The third-order valence-corrected chi connectivity index (χ3v) is 5.00. The molecular weight excluding hydrogens is 246 g/mol. The smallest absolute Gasteiger partial charge is 0.124 e. The van der Waals surface area contributed by atoms with Crippen molar-refractivity contribution in [2.45, 2.75) is 51.5 Å². The highest BCUT2D eigenvalue weighted by Gasteiger charge is 2.34. The number of amidine groups is 1. The van der Waals surface area contributed by atoms with Crippen molar-refractivity contribution >= 4 is 11.5 Å². The SMILES string of the molecule is Cc1ccc(C(=N)N)c(N2CCCC3CCCCC32)c1. The van der Waals surface area contributed by atoms with Crippen LogP contribution < -0.4 is 10.6 Å². The van der Waals surface area contributed by atoms with Crippen molar-refractivity contribution in [2.24, 2.45) is 11.7 Å². The number of aryl methyl sites for hydroxylation is 1.